The quantitative estimate of drug-likeness (QED) is 0.148. The number of imidazole rings is 1. The molecule has 0 aliphatic rings. The zero-order chi connectivity index (χ0) is 21.7. The van der Waals surface area contributed by atoms with E-state index in [2.05, 4.69) is 19.1 Å². The number of aromatic nitrogens is 2. The zero-order valence-corrected chi connectivity index (χ0v) is 19.4. The van der Waals surface area contributed by atoms with Gasteiger partial charge in [0.1, 0.15) is 0 Å². The van der Waals surface area contributed by atoms with Gasteiger partial charge in [-0.2, -0.15) is 0 Å². The van der Waals surface area contributed by atoms with Gasteiger partial charge in [-0.25, -0.2) is 4.98 Å². The van der Waals surface area contributed by atoms with Gasteiger partial charge < -0.3 is 4.57 Å². The van der Waals surface area contributed by atoms with E-state index in [4.69, 9.17) is 4.98 Å². The van der Waals surface area contributed by atoms with Gasteiger partial charge in [-0.15, -0.1) is 0 Å². The van der Waals surface area contributed by atoms with E-state index in [9.17, 15) is 4.79 Å². The molecule has 4 heteroatoms. The second-order valence-electron chi connectivity index (χ2n) is 8.02. The van der Waals surface area contributed by atoms with E-state index in [1.165, 1.54) is 51.4 Å². The third-order valence-electron chi connectivity index (χ3n) is 5.45. The number of unbranched alkanes of at least 4 members (excludes halogenated alkanes) is 7. The van der Waals surface area contributed by atoms with E-state index in [-0.39, 0.29) is 5.78 Å². The van der Waals surface area contributed by atoms with Crippen LogP contribution in [0.15, 0.2) is 72.0 Å². The van der Waals surface area contributed by atoms with Crippen molar-refractivity contribution >= 4 is 17.5 Å². The number of hydrogen-bond donors (Lipinski definition) is 0. The van der Waals surface area contributed by atoms with Crippen LogP contribution in [-0.2, 0) is 6.54 Å². The summed E-state index contributed by atoms with van der Waals surface area (Å²) in [5.41, 5.74) is 2.76. The van der Waals surface area contributed by atoms with Crippen molar-refractivity contribution in [3.05, 3.63) is 72.4 Å². The molecule has 0 saturated carbocycles. The van der Waals surface area contributed by atoms with E-state index < -0.39 is 0 Å². The summed E-state index contributed by atoms with van der Waals surface area (Å²) < 4.78 is 2.02. The van der Waals surface area contributed by atoms with Crippen molar-refractivity contribution in [2.45, 2.75) is 70.0 Å². The Morgan fingerprint density at radius 1 is 0.839 bits per heavy atom. The molecule has 3 rings (SSSR count). The number of hydrogen-bond acceptors (Lipinski definition) is 3. The highest BCUT2D eigenvalue weighted by atomic mass is 32.2. The van der Waals surface area contributed by atoms with E-state index in [0.717, 1.165) is 27.7 Å². The topological polar surface area (TPSA) is 34.9 Å². The third-order valence-corrected chi connectivity index (χ3v) is 6.53. The summed E-state index contributed by atoms with van der Waals surface area (Å²) in [5.74, 6) is 1.16. The summed E-state index contributed by atoms with van der Waals surface area (Å²) in [7, 11) is 0. The molecular formula is C27H34N2OS. The molecule has 0 unspecified atom stereocenters. The van der Waals surface area contributed by atoms with Crippen molar-refractivity contribution in [1.29, 1.82) is 0 Å². The van der Waals surface area contributed by atoms with Gasteiger partial charge in [-0.3, -0.25) is 4.79 Å². The molecule has 3 nitrogen and oxygen atoms in total. The summed E-state index contributed by atoms with van der Waals surface area (Å²) >= 11 is 1.77. The molecule has 3 aromatic rings. The van der Waals surface area contributed by atoms with Gasteiger partial charge in [0.05, 0.1) is 12.2 Å². The predicted molar refractivity (Wildman–Crippen MR) is 132 cm³/mol. The second kappa shape index (κ2) is 13.2. The summed E-state index contributed by atoms with van der Waals surface area (Å²) in [6.45, 7) is 2.58. The number of carbonyl (C=O) groups excluding carboxylic acids is 1. The van der Waals surface area contributed by atoms with Crippen molar-refractivity contribution in [1.82, 2.24) is 9.55 Å². The Labute approximate surface area is 191 Å². The van der Waals surface area contributed by atoms with E-state index in [1.54, 1.807) is 11.8 Å². The fraction of sp³-hybridized carbons (Fsp3) is 0.407. The maximum atomic E-state index is 12.8. The first kappa shape index (κ1) is 23.3. The Morgan fingerprint density at radius 2 is 1.45 bits per heavy atom. The lowest BCUT2D eigenvalue weighted by atomic mass is 10.1. The molecular weight excluding hydrogens is 400 g/mol. The Hall–Kier alpha value is -2.33. The molecule has 0 bridgehead atoms. The largest absolute Gasteiger partial charge is 0.318 e. The first-order valence-electron chi connectivity index (χ1n) is 11.6. The highest BCUT2D eigenvalue weighted by Crippen LogP contribution is 2.26. The smallest absolute Gasteiger partial charge is 0.182 e. The Balaban J connectivity index is 1.58. The van der Waals surface area contributed by atoms with Crippen LogP contribution in [-0.4, -0.2) is 21.1 Å². The highest BCUT2D eigenvalue weighted by molar-refractivity contribution is 7.99. The standard InChI is InChI=1S/C27H34N2OS/c1-2-3-4-5-6-7-8-15-20-31-27-28-25(23-16-11-9-12-17-23)21-29(27)22-26(30)24-18-13-10-14-19-24/h9-14,16-19,21H,2-8,15,20,22H2,1H3. The fourth-order valence-corrected chi connectivity index (χ4v) is 4.62. The van der Waals surface area contributed by atoms with E-state index in [0.29, 0.717) is 6.54 Å². The van der Waals surface area contributed by atoms with Crippen LogP contribution in [0.5, 0.6) is 0 Å². The van der Waals surface area contributed by atoms with Crippen LogP contribution in [0.3, 0.4) is 0 Å². The van der Waals surface area contributed by atoms with Gasteiger partial charge in [-0.05, 0) is 6.42 Å². The summed E-state index contributed by atoms with van der Waals surface area (Å²) in [6.07, 6.45) is 12.6. The lowest BCUT2D eigenvalue weighted by Crippen LogP contribution is -2.10. The summed E-state index contributed by atoms with van der Waals surface area (Å²) in [5, 5.41) is 0.936. The van der Waals surface area contributed by atoms with Crippen molar-refractivity contribution < 1.29 is 4.79 Å². The molecule has 164 valence electrons. The molecule has 2 aromatic carbocycles. The van der Waals surface area contributed by atoms with Gasteiger partial charge in [0.2, 0.25) is 0 Å². The monoisotopic (exact) mass is 434 g/mol. The average molecular weight is 435 g/mol. The number of Topliss-reactive ketones (excluding diaryl/α,β-unsaturated/α-hetero) is 1. The Bertz CT molecular complexity index is 906. The summed E-state index contributed by atoms with van der Waals surface area (Å²) in [6, 6.07) is 19.7. The number of benzene rings is 2. The maximum absolute atomic E-state index is 12.8. The molecule has 0 aliphatic heterocycles. The maximum Gasteiger partial charge on any atom is 0.182 e. The van der Waals surface area contributed by atoms with Gasteiger partial charge in [0, 0.05) is 23.1 Å². The molecule has 0 amide bonds. The molecule has 0 spiro atoms. The van der Waals surface area contributed by atoms with Crippen molar-refractivity contribution in [3.63, 3.8) is 0 Å². The number of thioether (sulfide) groups is 1. The van der Waals surface area contributed by atoms with Gasteiger partial charge >= 0.3 is 0 Å². The summed E-state index contributed by atoms with van der Waals surface area (Å²) in [4.78, 5) is 17.6. The molecule has 0 radical (unpaired) electrons. The van der Waals surface area contributed by atoms with Crippen LogP contribution in [0.2, 0.25) is 0 Å². The van der Waals surface area contributed by atoms with Crippen molar-refractivity contribution in [2.75, 3.05) is 5.75 Å². The number of ketones is 1. The van der Waals surface area contributed by atoms with E-state index >= 15 is 0 Å². The molecule has 31 heavy (non-hydrogen) atoms. The Kier molecular flexibility index (Phi) is 9.91. The minimum absolute atomic E-state index is 0.117. The molecule has 0 N–H and O–H groups in total. The van der Waals surface area contributed by atoms with E-state index in [1.807, 2.05) is 59.3 Å². The first-order valence-corrected chi connectivity index (χ1v) is 12.6. The predicted octanol–water partition coefficient (Wildman–Crippen LogP) is 7.67. The SMILES string of the molecule is CCCCCCCCCCSc1nc(-c2ccccc2)cn1CC(=O)c1ccccc1. The zero-order valence-electron chi connectivity index (χ0n) is 18.6. The van der Waals surface area contributed by atoms with Crippen LogP contribution >= 0.6 is 11.8 Å². The van der Waals surface area contributed by atoms with Crippen LogP contribution in [0.4, 0.5) is 0 Å². The van der Waals surface area contributed by atoms with Crippen LogP contribution in [0.1, 0.15) is 68.6 Å². The third kappa shape index (κ3) is 7.70. The van der Waals surface area contributed by atoms with Crippen LogP contribution < -0.4 is 0 Å². The highest BCUT2D eigenvalue weighted by Gasteiger charge is 2.14. The number of carbonyl (C=O) groups is 1. The Morgan fingerprint density at radius 3 is 2.13 bits per heavy atom. The fourth-order valence-electron chi connectivity index (χ4n) is 3.64. The minimum Gasteiger partial charge on any atom is -0.318 e. The molecule has 1 heterocycles. The molecule has 0 saturated heterocycles. The molecule has 0 fully saturated rings. The second-order valence-corrected chi connectivity index (χ2v) is 9.08. The number of rotatable bonds is 14. The molecule has 0 atom stereocenters. The number of nitrogens with zero attached hydrogens (tertiary/aromatic N) is 2. The van der Waals surface area contributed by atoms with Gasteiger partial charge in [-0.1, -0.05) is 124 Å². The first-order chi connectivity index (χ1) is 15.3. The van der Waals surface area contributed by atoms with Gasteiger partial charge in [0.25, 0.3) is 0 Å². The van der Waals surface area contributed by atoms with Crippen LogP contribution in [0, 0.1) is 0 Å². The lowest BCUT2D eigenvalue weighted by Gasteiger charge is -2.07. The van der Waals surface area contributed by atoms with Gasteiger partial charge in [0.15, 0.2) is 10.9 Å². The normalized spacial score (nSPS) is 11.0. The molecule has 1 aromatic heterocycles. The van der Waals surface area contributed by atoms with Crippen LogP contribution in [0.25, 0.3) is 11.3 Å². The lowest BCUT2D eigenvalue weighted by molar-refractivity contribution is 0.0969. The van der Waals surface area contributed by atoms with Crippen molar-refractivity contribution in [2.24, 2.45) is 0 Å². The molecule has 0 aliphatic carbocycles. The average Bonchev–Trinajstić information content (AvgIpc) is 3.21. The minimum atomic E-state index is 0.117. The van der Waals surface area contributed by atoms with Crippen molar-refractivity contribution in [3.8, 4) is 11.3 Å².